The van der Waals surface area contributed by atoms with Crippen LogP contribution in [0.5, 0.6) is 0 Å². The molecule has 0 amide bonds. The topological polar surface area (TPSA) is 58.6 Å². The van der Waals surface area contributed by atoms with E-state index in [-0.39, 0.29) is 17.9 Å². The summed E-state index contributed by atoms with van der Waals surface area (Å²) in [5, 5.41) is 3.19. The third-order valence-corrected chi connectivity index (χ3v) is 4.96. The molecule has 1 N–H and O–H groups in total. The summed E-state index contributed by atoms with van der Waals surface area (Å²) in [5.41, 5.74) is 0. The molecular weight excluding hydrogens is 228 g/mol. The monoisotopic (exact) mass is 248 g/mol. The van der Waals surface area contributed by atoms with Crippen molar-refractivity contribution in [2.75, 3.05) is 32.0 Å². The van der Waals surface area contributed by atoms with E-state index in [0.717, 1.165) is 19.4 Å². The summed E-state index contributed by atoms with van der Waals surface area (Å²) >= 11 is 0. The van der Waals surface area contributed by atoms with E-state index in [1.165, 1.54) is 0 Å². The fraction of sp³-hybridized carbons (Fsp3) is 1.00. The zero-order valence-corrected chi connectivity index (χ0v) is 10.5. The molecule has 2 aliphatic rings. The molecule has 2 heterocycles. The Hall–Kier alpha value is -0.170. The highest BCUT2D eigenvalue weighted by molar-refractivity contribution is 7.89. The van der Waals surface area contributed by atoms with Crippen LogP contribution >= 0.6 is 0 Å². The van der Waals surface area contributed by atoms with Crippen LogP contribution in [0.25, 0.3) is 0 Å². The van der Waals surface area contributed by atoms with Crippen molar-refractivity contribution in [1.29, 1.82) is 0 Å². The van der Waals surface area contributed by atoms with Crippen molar-refractivity contribution in [3.8, 4) is 0 Å². The number of hydrogen-bond acceptors (Lipinski definition) is 4. The predicted octanol–water partition coefficient (Wildman–Crippen LogP) is -0.211. The van der Waals surface area contributed by atoms with Crippen LogP contribution in [-0.4, -0.2) is 56.9 Å². The molecule has 0 bridgehead atoms. The van der Waals surface area contributed by atoms with Crippen LogP contribution in [0.3, 0.4) is 0 Å². The third kappa shape index (κ3) is 2.94. The second-order valence-corrected chi connectivity index (χ2v) is 6.71. The average molecular weight is 248 g/mol. The summed E-state index contributed by atoms with van der Waals surface area (Å²) in [7, 11) is -3.09. The first-order valence-electron chi connectivity index (χ1n) is 5.91. The first-order valence-corrected chi connectivity index (χ1v) is 7.51. The fourth-order valence-corrected chi connectivity index (χ4v) is 3.73. The Balaban J connectivity index is 2.02. The van der Waals surface area contributed by atoms with Gasteiger partial charge in [0.05, 0.1) is 11.9 Å². The van der Waals surface area contributed by atoms with Gasteiger partial charge in [-0.2, -0.15) is 4.31 Å². The summed E-state index contributed by atoms with van der Waals surface area (Å²) in [6, 6.07) is 0.221. The molecule has 0 radical (unpaired) electrons. The molecule has 16 heavy (non-hydrogen) atoms. The van der Waals surface area contributed by atoms with Gasteiger partial charge in [0.2, 0.25) is 10.0 Å². The second kappa shape index (κ2) is 5.00. The Labute approximate surface area is 97.2 Å². The van der Waals surface area contributed by atoms with Crippen LogP contribution in [-0.2, 0) is 14.8 Å². The molecule has 2 rings (SSSR count). The molecule has 0 aliphatic carbocycles. The van der Waals surface area contributed by atoms with Crippen LogP contribution in [0.15, 0.2) is 0 Å². The number of rotatable bonds is 2. The van der Waals surface area contributed by atoms with Crippen LogP contribution < -0.4 is 5.32 Å². The highest BCUT2D eigenvalue weighted by Gasteiger charge is 2.30. The molecule has 2 aliphatic heterocycles. The second-order valence-electron chi connectivity index (χ2n) is 4.62. The third-order valence-electron chi connectivity index (χ3n) is 3.15. The van der Waals surface area contributed by atoms with Gasteiger partial charge >= 0.3 is 0 Å². The SMILES string of the molecule is CC1CN(CC2CCCO2)S(=O)(=O)CCN1. The van der Waals surface area contributed by atoms with Gasteiger partial charge in [-0.05, 0) is 19.8 Å². The van der Waals surface area contributed by atoms with Gasteiger partial charge in [-0.25, -0.2) is 8.42 Å². The van der Waals surface area contributed by atoms with Crippen molar-refractivity contribution < 1.29 is 13.2 Å². The predicted molar refractivity (Wildman–Crippen MR) is 61.8 cm³/mol. The highest BCUT2D eigenvalue weighted by atomic mass is 32.2. The maximum absolute atomic E-state index is 12.0. The van der Waals surface area contributed by atoms with Crippen molar-refractivity contribution in [1.82, 2.24) is 9.62 Å². The van der Waals surface area contributed by atoms with Gasteiger partial charge in [0.15, 0.2) is 0 Å². The molecule has 0 spiro atoms. The van der Waals surface area contributed by atoms with Crippen LogP contribution in [0.2, 0.25) is 0 Å². The van der Waals surface area contributed by atoms with E-state index in [9.17, 15) is 8.42 Å². The summed E-state index contributed by atoms with van der Waals surface area (Å²) < 4.78 is 31.0. The van der Waals surface area contributed by atoms with Gasteiger partial charge in [-0.15, -0.1) is 0 Å². The lowest BCUT2D eigenvalue weighted by Crippen LogP contribution is -2.41. The van der Waals surface area contributed by atoms with E-state index in [2.05, 4.69) is 5.32 Å². The molecule has 5 nitrogen and oxygen atoms in total. The van der Waals surface area contributed by atoms with Gasteiger partial charge in [-0.3, -0.25) is 0 Å². The Morgan fingerprint density at radius 1 is 1.50 bits per heavy atom. The molecule has 94 valence electrons. The largest absolute Gasteiger partial charge is 0.377 e. The minimum atomic E-state index is -3.09. The van der Waals surface area contributed by atoms with Crippen molar-refractivity contribution in [2.45, 2.75) is 31.9 Å². The van der Waals surface area contributed by atoms with E-state index in [0.29, 0.717) is 19.6 Å². The highest BCUT2D eigenvalue weighted by Crippen LogP contribution is 2.16. The van der Waals surface area contributed by atoms with Crippen molar-refractivity contribution >= 4 is 10.0 Å². The smallest absolute Gasteiger partial charge is 0.215 e. The molecule has 6 heteroatoms. The summed E-state index contributed by atoms with van der Waals surface area (Å²) in [6.45, 7) is 4.41. The molecule has 0 aromatic heterocycles. The zero-order valence-electron chi connectivity index (χ0n) is 9.68. The normalized spacial score (nSPS) is 36.1. The van der Waals surface area contributed by atoms with E-state index in [1.807, 2.05) is 6.92 Å². The van der Waals surface area contributed by atoms with Gasteiger partial charge in [0.25, 0.3) is 0 Å². The van der Waals surface area contributed by atoms with Crippen molar-refractivity contribution in [3.05, 3.63) is 0 Å². The summed E-state index contributed by atoms with van der Waals surface area (Å²) in [4.78, 5) is 0. The summed E-state index contributed by atoms with van der Waals surface area (Å²) in [5.74, 6) is 0.198. The van der Waals surface area contributed by atoms with Crippen molar-refractivity contribution in [3.63, 3.8) is 0 Å². The van der Waals surface area contributed by atoms with Crippen LogP contribution in [0, 0.1) is 0 Å². The van der Waals surface area contributed by atoms with Gasteiger partial charge < -0.3 is 10.1 Å². The minimum absolute atomic E-state index is 0.0973. The van der Waals surface area contributed by atoms with Crippen molar-refractivity contribution in [2.24, 2.45) is 0 Å². The number of hydrogen-bond donors (Lipinski definition) is 1. The van der Waals surface area contributed by atoms with Gasteiger partial charge in [0, 0.05) is 32.3 Å². The first-order chi connectivity index (χ1) is 7.58. The lowest BCUT2D eigenvalue weighted by molar-refractivity contribution is 0.0930. The average Bonchev–Trinajstić information content (AvgIpc) is 2.64. The Morgan fingerprint density at radius 3 is 3.00 bits per heavy atom. The zero-order chi connectivity index (χ0) is 11.6. The van der Waals surface area contributed by atoms with E-state index < -0.39 is 10.0 Å². The fourth-order valence-electron chi connectivity index (χ4n) is 2.25. The molecule has 0 aromatic rings. The van der Waals surface area contributed by atoms with E-state index >= 15 is 0 Å². The molecule has 2 atom stereocenters. The standard InChI is InChI=1S/C10H20N2O3S/c1-9-7-12(8-10-3-2-5-15-10)16(13,14)6-4-11-9/h9-11H,2-8H2,1H3. The molecule has 2 saturated heterocycles. The molecule has 0 aromatic carbocycles. The number of ether oxygens (including phenoxy) is 1. The Morgan fingerprint density at radius 2 is 2.31 bits per heavy atom. The van der Waals surface area contributed by atoms with E-state index in [4.69, 9.17) is 4.74 Å². The molecule has 2 fully saturated rings. The molecule has 2 unspecified atom stereocenters. The van der Waals surface area contributed by atoms with Gasteiger partial charge in [0.1, 0.15) is 0 Å². The van der Waals surface area contributed by atoms with Crippen LogP contribution in [0.1, 0.15) is 19.8 Å². The number of sulfonamides is 1. The lowest BCUT2D eigenvalue weighted by atomic mass is 10.2. The van der Waals surface area contributed by atoms with Crippen LogP contribution in [0.4, 0.5) is 0 Å². The van der Waals surface area contributed by atoms with E-state index in [1.54, 1.807) is 4.31 Å². The molecular formula is C10H20N2O3S. The number of nitrogens with zero attached hydrogens (tertiary/aromatic N) is 1. The Kier molecular flexibility index (Phi) is 3.84. The first kappa shape index (κ1) is 12.3. The molecule has 0 saturated carbocycles. The lowest BCUT2D eigenvalue weighted by Gasteiger charge is -2.24. The summed E-state index contributed by atoms with van der Waals surface area (Å²) in [6.07, 6.45) is 2.13. The maximum Gasteiger partial charge on any atom is 0.215 e. The van der Waals surface area contributed by atoms with Gasteiger partial charge in [-0.1, -0.05) is 0 Å². The Bertz CT molecular complexity index is 325. The number of nitrogens with one attached hydrogen (secondary N) is 1. The minimum Gasteiger partial charge on any atom is -0.377 e. The quantitative estimate of drug-likeness (QED) is 0.734. The maximum atomic E-state index is 12.0.